The van der Waals surface area contributed by atoms with Gasteiger partial charge in [-0.25, -0.2) is 19.2 Å². The first-order chi connectivity index (χ1) is 17.6. The van der Waals surface area contributed by atoms with E-state index in [2.05, 4.69) is 5.32 Å². The molecule has 2 amide bonds. The summed E-state index contributed by atoms with van der Waals surface area (Å²) in [7, 11) is 0. The zero-order chi connectivity index (χ0) is 27.4. The van der Waals surface area contributed by atoms with Crippen LogP contribution in [0, 0.1) is 11.8 Å². The summed E-state index contributed by atoms with van der Waals surface area (Å²) in [6, 6.07) is 17.1. The number of alkyl carbamates (subject to hydrolysis) is 1. The quantitative estimate of drug-likeness (QED) is 0.396. The first-order valence-electron chi connectivity index (χ1n) is 11.9. The second-order valence-corrected chi connectivity index (χ2v) is 9.06. The molecule has 0 bridgehead atoms. The predicted molar refractivity (Wildman–Crippen MR) is 134 cm³/mol. The number of hydrogen-bond donors (Lipinski definition) is 2. The molecule has 0 aliphatic carbocycles. The molecule has 1 saturated heterocycles. The van der Waals surface area contributed by atoms with Gasteiger partial charge in [-0.1, -0.05) is 88.4 Å². The van der Waals surface area contributed by atoms with Crippen LogP contribution in [-0.4, -0.2) is 52.9 Å². The molecule has 2 aromatic carbocycles. The van der Waals surface area contributed by atoms with Gasteiger partial charge in [0.1, 0.15) is 25.3 Å². The lowest BCUT2D eigenvalue weighted by molar-refractivity contribution is -0.141. The summed E-state index contributed by atoms with van der Waals surface area (Å²) in [5, 5.41) is 11.2. The van der Waals surface area contributed by atoms with E-state index in [-0.39, 0.29) is 37.7 Å². The second kappa shape index (κ2) is 14.5. The summed E-state index contributed by atoms with van der Waals surface area (Å²) in [6.07, 6.45) is -1.24. The monoisotopic (exact) mass is 514 g/mol. The molecular weight excluding hydrogens is 480 g/mol. The van der Waals surface area contributed by atoms with Gasteiger partial charge >= 0.3 is 24.1 Å². The molecule has 1 aliphatic heterocycles. The summed E-state index contributed by atoms with van der Waals surface area (Å²) in [5.74, 6) is -1.64. The molecule has 2 aromatic rings. The fourth-order valence-corrected chi connectivity index (χ4v) is 3.43. The highest BCUT2D eigenvalue weighted by atomic mass is 16.6. The molecule has 1 heterocycles. The summed E-state index contributed by atoms with van der Waals surface area (Å²) in [5.41, 5.74) is 1.76. The van der Waals surface area contributed by atoms with Crippen molar-refractivity contribution in [1.29, 1.82) is 0 Å². The smallest absolute Gasteiger partial charge is 0.413 e. The number of carboxylic acid groups (broad SMARTS) is 1. The zero-order valence-electron chi connectivity index (χ0n) is 21.5. The van der Waals surface area contributed by atoms with Crippen LogP contribution in [0.1, 0.15) is 38.8 Å². The first-order valence-corrected chi connectivity index (χ1v) is 11.9. The van der Waals surface area contributed by atoms with Crippen LogP contribution in [-0.2, 0) is 37.0 Å². The molecule has 10 heteroatoms. The van der Waals surface area contributed by atoms with Crippen molar-refractivity contribution in [2.75, 3.05) is 6.73 Å². The van der Waals surface area contributed by atoms with Gasteiger partial charge in [-0.05, 0) is 23.0 Å². The Balaban J connectivity index is 0.000000261. The number of benzene rings is 2. The van der Waals surface area contributed by atoms with E-state index in [4.69, 9.17) is 19.3 Å². The maximum Gasteiger partial charge on any atom is 0.413 e. The van der Waals surface area contributed by atoms with Crippen molar-refractivity contribution >= 4 is 24.1 Å². The number of esters is 1. The molecule has 1 aliphatic rings. The molecule has 10 nitrogen and oxygen atoms in total. The number of cyclic esters (lactones) is 1. The van der Waals surface area contributed by atoms with Gasteiger partial charge in [0, 0.05) is 0 Å². The number of aliphatic carboxylic acids is 1. The maximum atomic E-state index is 12.0. The highest BCUT2D eigenvalue weighted by Crippen LogP contribution is 2.20. The van der Waals surface area contributed by atoms with Crippen LogP contribution in [0.2, 0.25) is 0 Å². The molecule has 37 heavy (non-hydrogen) atoms. The Kier molecular flexibility index (Phi) is 11.4. The van der Waals surface area contributed by atoms with E-state index in [1.54, 1.807) is 13.8 Å². The molecule has 0 radical (unpaired) electrons. The molecule has 0 spiro atoms. The van der Waals surface area contributed by atoms with Gasteiger partial charge in [0.25, 0.3) is 0 Å². The average Bonchev–Trinajstić information content (AvgIpc) is 3.27. The molecule has 0 saturated carbocycles. The van der Waals surface area contributed by atoms with Crippen molar-refractivity contribution < 1.29 is 38.5 Å². The van der Waals surface area contributed by atoms with Crippen molar-refractivity contribution in [2.24, 2.45) is 11.8 Å². The highest BCUT2D eigenvalue weighted by Gasteiger charge is 2.40. The summed E-state index contributed by atoms with van der Waals surface area (Å²) in [4.78, 5) is 47.1. The number of carbonyl (C=O) groups excluding carboxylic acids is 3. The number of carboxylic acids is 1. The lowest BCUT2D eigenvalue weighted by Crippen LogP contribution is -2.44. The molecule has 2 atom stereocenters. The van der Waals surface area contributed by atoms with Gasteiger partial charge in [-0.3, -0.25) is 4.90 Å². The second-order valence-electron chi connectivity index (χ2n) is 9.06. The SMILES string of the molecule is CC(C)[C@H](NC(=O)OCc1ccccc1)C(=O)O.CC(C)[C@H]1C(=O)OCN1C(=O)OCc1ccccc1. The summed E-state index contributed by atoms with van der Waals surface area (Å²) < 4.78 is 15.0. The minimum atomic E-state index is -1.07. The van der Waals surface area contributed by atoms with Crippen molar-refractivity contribution in [3.05, 3.63) is 71.8 Å². The largest absolute Gasteiger partial charge is 0.480 e. The van der Waals surface area contributed by atoms with Gasteiger partial charge in [-0.15, -0.1) is 0 Å². The van der Waals surface area contributed by atoms with Gasteiger partial charge in [0.05, 0.1) is 0 Å². The third kappa shape index (κ3) is 9.47. The van der Waals surface area contributed by atoms with E-state index >= 15 is 0 Å². The van der Waals surface area contributed by atoms with Crippen LogP contribution in [0.25, 0.3) is 0 Å². The Morgan fingerprint density at radius 2 is 1.46 bits per heavy atom. The first kappa shape index (κ1) is 29.2. The fraction of sp³-hybridized carbons (Fsp3) is 0.407. The number of nitrogens with zero attached hydrogens (tertiary/aromatic N) is 1. The number of carbonyl (C=O) groups is 4. The van der Waals surface area contributed by atoms with E-state index in [1.807, 2.05) is 74.5 Å². The van der Waals surface area contributed by atoms with Crippen molar-refractivity contribution in [1.82, 2.24) is 10.2 Å². The minimum absolute atomic E-state index is 0.000671. The average molecular weight is 515 g/mol. The van der Waals surface area contributed by atoms with Crippen molar-refractivity contribution in [2.45, 2.75) is 53.0 Å². The molecular formula is C27H34N2O8. The van der Waals surface area contributed by atoms with E-state index in [0.29, 0.717) is 0 Å². The van der Waals surface area contributed by atoms with E-state index in [1.165, 1.54) is 4.90 Å². The standard InChI is InChI=1S/C14H17NO4.C13H17NO4/c1-10(2)12-13(16)19-9-15(12)14(17)18-8-11-6-4-3-5-7-11;1-9(2)11(12(15)16)14-13(17)18-8-10-6-4-3-5-7-10/h3-7,10,12H,8-9H2,1-2H3;3-7,9,11H,8H2,1-2H3,(H,14,17)(H,15,16)/t12-;11-/m00/s1. The van der Waals surface area contributed by atoms with E-state index < -0.39 is 30.2 Å². The minimum Gasteiger partial charge on any atom is -0.480 e. The number of hydrogen-bond acceptors (Lipinski definition) is 7. The van der Waals surface area contributed by atoms with Crippen LogP contribution >= 0.6 is 0 Å². The molecule has 1 fully saturated rings. The Bertz CT molecular complexity index is 1030. The van der Waals surface area contributed by atoms with Crippen LogP contribution in [0.4, 0.5) is 9.59 Å². The molecule has 0 unspecified atom stereocenters. The Hall–Kier alpha value is -4.08. The van der Waals surface area contributed by atoms with E-state index in [9.17, 15) is 19.2 Å². The Labute approximate surface area is 216 Å². The van der Waals surface area contributed by atoms with Crippen LogP contribution in [0.5, 0.6) is 0 Å². The van der Waals surface area contributed by atoms with Crippen LogP contribution in [0.15, 0.2) is 60.7 Å². The van der Waals surface area contributed by atoms with Crippen LogP contribution in [0.3, 0.4) is 0 Å². The number of rotatable bonds is 8. The van der Waals surface area contributed by atoms with Gasteiger partial charge in [0.2, 0.25) is 0 Å². The lowest BCUT2D eigenvalue weighted by Gasteiger charge is -2.22. The zero-order valence-corrected chi connectivity index (χ0v) is 21.5. The predicted octanol–water partition coefficient (Wildman–Crippen LogP) is 4.19. The molecule has 200 valence electrons. The fourth-order valence-electron chi connectivity index (χ4n) is 3.43. The third-order valence-electron chi connectivity index (χ3n) is 5.41. The number of nitrogens with one attached hydrogen (secondary N) is 1. The molecule has 3 rings (SSSR count). The Morgan fingerprint density at radius 3 is 1.92 bits per heavy atom. The van der Waals surface area contributed by atoms with Gasteiger partial charge < -0.3 is 24.6 Å². The Morgan fingerprint density at radius 1 is 0.946 bits per heavy atom. The van der Waals surface area contributed by atoms with Crippen molar-refractivity contribution in [3.63, 3.8) is 0 Å². The highest BCUT2D eigenvalue weighted by molar-refractivity contribution is 5.84. The van der Waals surface area contributed by atoms with Gasteiger partial charge in [0.15, 0.2) is 6.73 Å². The molecule has 0 aromatic heterocycles. The van der Waals surface area contributed by atoms with Crippen LogP contribution < -0.4 is 5.32 Å². The van der Waals surface area contributed by atoms with Gasteiger partial charge in [-0.2, -0.15) is 0 Å². The lowest BCUT2D eigenvalue weighted by atomic mass is 10.0. The summed E-state index contributed by atoms with van der Waals surface area (Å²) >= 11 is 0. The number of amides is 2. The molecule has 2 N–H and O–H groups in total. The maximum absolute atomic E-state index is 12.0. The van der Waals surface area contributed by atoms with Crippen molar-refractivity contribution in [3.8, 4) is 0 Å². The topological polar surface area (TPSA) is 131 Å². The third-order valence-corrected chi connectivity index (χ3v) is 5.41. The van der Waals surface area contributed by atoms with E-state index in [0.717, 1.165) is 11.1 Å². The number of ether oxygens (including phenoxy) is 3. The summed E-state index contributed by atoms with van der Waals surface area (Å²) in [6.45, 7) is 7.46. The normalized spacial score (nSPS) is 15.4.